The van der Waals surface area contributed by atoms with Gasteiger partial charge in [-0.1, -0.05) is 19.3 Å². The van der Waals surface area contributed by atoms with Crippen molar-refractivity contribution in [2.24, 2.45) is 5.73 Å². The van der Waals surface area contributed by atoms with Gasteiger partial charge in [-0.15, -0.1) is 0 Å². The van der Waals surface area contributed by atoms with Crippen LogP contribution in [0.15, 0.2) is 12.3 Å². The van der Waals surface area contributed by atoms with Gasteiger partial charge in [-0.2, -0.15) is 5.10 Å². The number of aromatic nitrogens is 2. The molecule has 1 aliphatic rings. The van der Waals surface area contributed by atoms with E-state index in [4.69, 9.17) is 10.8 Å². The van der Waals surface area contributed by atoms with Crippen LogP contribution in [0.4, 0.5) is 0 Å². The van der Waals surface area contributed by atoms with Crippen molar-refractivity contribution in [1.29, 1.82) is 0 Å². The molecule has 19 heavy (non-hydrogen) atoms. The second kappa shape index (κ2) is 7.65. The first kappa shape index (κ1) is 14.5. The van der Waals surface area contributed by atoms with E-state index in [0.29, 0.717) is 6.04 Å². The summed E-state index contributed by atoms with van der Waals surface area (Å²) in [5.74, 6) is 0. The first-order valence-corrected chi connectivity index (χ1v) is 7.72. The summed E-state index contributed by atoms with van der Waals surface area (Å²) in [5.41, 5.74) is 6.71. The number of rotatable bonds is 8. The summed E-state index contributed by atoms with van der Waals surface area (Å²) in [4.78, 5) is 2.36. The zero-order valence-electron chi connectivity index (χ0n) is 12.2. The third kappa shape index (κ3) is 4.62. The zero-order valence-corrected chi connectivity index (χ0v) is 12.2. The molecule has 1 saturated carbocycles. The summed E-state index contributed by atoms with van der Waals surface area (Å²) >= 11 is 0. The average Bonchev–Trinajstić information content (AvgIpc) is 3.04. The number of hydrogen-bond donors (Lipinski definition) is 1. The fraction of sp³-hybridized carbons (Fsp3) is 0.800. The molecule has 4 nitrogen and oxygen atoms in total. The van der Waals surface area contributed by atoms with Crippen LogP contribution in [0.25, 0.3) is 0 Å². The Labute approximate surface area is 117 Å². The molecule has 0 aliphatic heterocycles. The predicted octanol–water partition coefficient (Wildman–Crippen LogP) is 2.56. The van der Waals surface area contributed by atoms with E-state index < -0.39 is 0 Å². The van der Waals surface area contributed by atoms with Crippen LogP contribution in [0.2, 0.25) is 0 Å². The molecule has 0 saturated heterocycles. The fourth-order valence-electron chi connectivity index (χ4n) is 2.89. The first-order chi connectivity index (χ1) is 9.29. The van der Waals surface area contributed by atoms with Gasteiger partial charge in [-0.25, -0.2) is 0 Å². The lowest BCUT2D eigenvalue weighted by Gasteiger charge is -2.15. The molecule has 0 amide bonds. The largest absolute Gasteiger partial charge is 0.330 e. The highest BCUT2D eigenvalue weighted by atomic mass is 15.3. The van der Waals surface area contributed by atoms with Crippen LogP contribution in [0.5, 0.6) is 0 Å². The zero-order chi connectivity index (χ0) is 13.5. The molecular formula is C15H28N4. The molecule has 1 aliphatic carbocycles. The second-order valence-corrected chi connectivity index (χ2v) is 5.81. The third-order valence-electron chi connectivity index (χ3n) is 4.04. The standard InChI is InChI=1S/C15H28N4/c1-18(11-6-2-5-10-16)13-14-9-12-19(17-14)15-7-3-4-8-15/h9,12,15H,2-8,10-11,13,16H2,1H3. The van der Waals surface area contributed by atoms with E-state index in [1.165, 1.54) is 44.2 Å². The average molecular weight is 264 g/mol. The minimum absolute atomic E-state index is 0.656. The molecule has 0 atom stereocenters. The maximum atomic E-state index is 5.51. The normalized spacial score (nSPS) is 16.6. The van der Waals surface area contributed by atoms with Gasteiger partial charge in [0.1, 0.15) is 0 Å². The molecule has 0 aromatic carbocycles. The quantitative estimate of drug-likeness (QED) is 0.734. The van der Waals surface area contributed by atoms with Gasteiger partial charge in [-0.05, 0) is 51.9 Å². The summed E-state index contributed by atoms with van der Waals surface area (Å²) in [6.07, 6.45) is 11.1. The highest BCUT2D eigenvalue weighted by Crippen LogP contribution is 2.28. The van der Waals surface area contributed by atoms with Crippen molar-refractivity contribution in [2.45, 2.75) is 57.5 Å². The monoisotopic (exact) mass is 264 g/mol. The van der Waals surface area contributed by atoms with E-state index in [1.54, 1.807) is 0 Å². The minimum atomic E-state index is 0.656. The van der Waals surface area contributed by atoms with E-state index in [1.807, 2.05) is 0 Å². The lowest BCUT2D eigenvalue weighted by molar-refractivity contribution is 0.311. The Balaban J connectivity index is 1.72. The predicted molar refractivity (Wildman–Crippen MR) is 79.0 cm³/mol. The van der Waals surface area contributed by atoms with E-state index in [-0.39, 0.29) is 0 Å². The van der Waals surface area contributed by atoms with Crippen LogP contribution < -0.4 is 5.73 Å². The minimum Gasteiger partial charge on any atom is -0.330 e. The van der Waals surface area contributed by atoms with Gasteiger partial charge in [-0.3, -0.25) is 4.68 Å². The van der Waals surface area contributed by atoms with Gasteiger partial charge in [0.2, 0.25) is 0 Å². The molecule has 2 rings (SSSR count). The van der Waals surface area contributed by atoms with Crippen molar-refractivity contribution in [3.8, 4) is 0 Å². The van der Waals surface area contributed by atoms with Gasteiger partial charge in [0.15, 0.2) is 0 Å². The maximum absolute atomic E-state index is 5.51. The van der Waals surface area contributed by atoms with Crippen molar-refractivity contribution in [1.82, 2.24) is 14.7 Å². The molecule has 4 heteroatoms. The molecular weight excluding hydrogens is 236 g/mol. The molecule has 1 aromatic rings. The smallest absolute Gasteiger partial charge is 0.0764 e. The molecule has 0 bridgehead atoms. The van der Waals surface area contributed by atoms with Gasteiger partial charge in [0.25, 0.3) is 0 Å². The summed E-state index contributed by atoms with van der Waals surface area (Å²) in [7, 11) is 2.18. The molecule has 1 heterocycles. The van der Waals surface area contributed by atoms with Crippen molar-refractivity contribution in [3.63, 3.8) is 0 Å². The SMILES string of the molecule is CN(CCCCCN)Cc1ccn(C2CCCC2)n1. The van der Waals surface area contributed by atoms with Gasteiger partial charge in [0.05, 0.1) is 11.7 Å². The summed E-state index contributed by atoms with van der Waals surface area (Å²) < 4.78 is 2.19. The second-order valence-electron chi connectivity index (χ2n) is 5.81. The van der Waals surface area contributed by atoms with Gasteiger partial charge in [0, 0.05) is 12.7 Å². The number of unbranched alkanes of at least 4 members (excludes halogenated alkanes) is 2. The number of nitrogens with zero attached hydrogens (tertiary/aromatic N) is 3. The Morgan fingerprint density at radius 3 is 2.84 bits per heavy atom. The molecule has 2 N–H and O–H groups in total. The Morgan fingerprint density at radius 2 is 2.11 bits per heavy atom. The molecule has 1 aromatic heterocycles. The van der Waals surface area contributed by atoms with E-state index in [9.17, 15) is 0 Å². The van der Waals surface area contributed by atoms with Crippen LogP contribution in [0.1, 0.15) is 56.7 Å². The van der Waals surface area contributed by atoms with Crippen LogP contribution in [0, 0.1) is 0 Å². The van der Waals surface area contributed by atoms with Crippen molar-refractivity contribution in [2.75, 3.05) is 20.1 Å². The van der Waals surface area contributed by atoms with Crippen LogP contribution >= 0.6 is 0 Å². The maximum Gasteiger partial charge on any atom is 0.0764 e. The van der Waals surface area contributed by atoms with Crippen LogP contribution in [-0.4, -0.2) is 34.8 Å². The van der Waals surface area contributed by atoms with Gasteiger partial charge < -0.3 is 10.6 Å². The summed E-state index contributed by atoms with van der Waals surface area (Å²) in [6, 6.07) is 2.83. The first-order valence-electron chi connectivity index (χ1n) is 7.72. The topological polar surface area (TPSA) is 47.1 Å². The third-order valence-corrected chi connectivity index (χ3v) is 4.04. The molecule has 0 radical (unpaired) electrons. The Morgan fingerprint density at radius 1 is 1.32 bits per heavy atom. The molecule has 0 unspecified atom stereocenters. The van der Waals surface area contributed by atoms with Crippen molar-refractivity contribution < 1.29 is 0 Å². The molecule has 0 spiro atoms. The number of hydrogen-bond acceptors (Lipinski definition) is 3. The van der Waals surface area contributed by atoms with Crippen molar-refractivity contribution >= 4 is 0 Å². The fourth-order valence-corrected chi connectivity index (χ4v) is 2.89. The van der Waals surface area contributed by atoms with Crippen LogP contribution in [-0.2, 0) is 6.54 Å². The highest BCUT2D eigenvalue weighted by molar-refractivity contribution is 5.00. The molecule has 1 fully saturated rings. The van der Waals surface area contributed by atoms with E-state index in [0.717, 1.165) is 26.1 Å². The Kier molecular flexibility index (Phi) is 5.86. The summed E-state index contributed by atoms with van der Waals surface area (Å²) in [6.45, 7) is 2.91. The lowest BCUT2D eigenvalue weighted by atomic mass is 10.2. The molecule has 108 valence electrons. The van der Waals surface area contributed by atoms with E-state index in [2.05, 4.69) is 28.9 Å². The van der Waals surface area contributed by atoms with E-state index >= 15 is 0 Å². The Bertz CT molecular complexity index is 355. The lowest BCUT2D eigenvalue weighted by Crippen LogP contribution is -2.20. The van der Waals surface area contributed by atoms with Crippen molar-refractivity contribution in [3.05, 3.63) is 18.0 Å². The van der Waals surface area contributed by atoms with Gasteiger partial charge >= 0.3 is 0 Å². The summed E-state index contributed by atoms with van der Waals surface area (Å²) in [5, 5.41) is 4.73. The Hall–Kier alpha value is -0.870. The van der Waals surface area contributed by atoms with Crippen LogP contribution in [0.3, 0.4) is 0 Å². The number of nitrogens with two attached hydrogens (primary N) is 1. The highest BCUT2D eigenvalue weighted by Gasteiger charge is 2.17.